The van der Waals surface area contributed by atoms with Crippen LogP contribution in [0.15, 0.2) is 20.0 Å². The van der Waals surface area contributed by atoms with Gasteiger partial charge in [-0.25, -0.2) is 13.1 Å². The molecule has 0 aromatic carbocycles. The van der Waals surface area contributed by atoms with Gasteiger partial charge < -0.3 is 9.73 Å². The molecule has 1 atom stereocenters. The van der Waals surface area contributed by atoms with E-state index in [2.05, 4.69) is 26.0 Å². The largest absolute Gasteiger partial charge is 0.452 e. The smallest absolute Gasteiger partial charge is 0.245 e. The summed E-state index contributed by atoms with van der Waals surface area (Å²) in [5.74, 6) is 1.04. The van der Waals surface area contributed by atoms with E-state index in [0.29, 0.717) is 18.2 Å². The fourth-order valence-corrected chi connectivity index (χ4v) is 4.50. The highest BCUT2D eigenvalue weighted by molar-refractivity contribution is 9.10. The maximum atomic E-state index is 12.3. The standard InChI is InChI=1S/C12H19BrN2O3S/c1-8(9-4-3-5-9)15-19(16,17)11-6-10(7-14-2)18-12(11)13/h6,8-9,14-15H,3-5,7H2,1-2H3. The molecule has 1 aromatic heterocycles. The van der Waals surface area contributed by atoms with Crippen LogP contribution < -0.4 is 10.0 Å². The van der Waals surface area contributed by atoms with Gasteiger partial charge in [0.2, 0.25) is 10.0 Å². The summed E-state index contributed by atoms with van der Waals surface area (Å²) in [6, 6.07) is 1.52. The minimum atomic E-state index is -3.53. The van der Waals surface area contributed by atoms with E-state index in [1.807, 2.05) is 6.92 Å². The molecule has 0 amide bonds. The van der Waals surface area contributed by atoms with Crippen molar-refractivity contribution in [1.82, 2.24) is 10.0 Å². The van der Waals surface area contributed by atoms with Crippen molar-refractivity contribution in [2.45, 2.75) is 43.7 Å². The van der Waals surface area contributed by atoms with Crippen LogP contribution in [-0.2, 0) is 16.6 Å². The van der Waals surface area contributed by atoms with E-state index in [4.69, 9.17) is 4.42 Å². The zero-order valence-corrected chi connectivity index (χ0v) is 13.5. The fourth-order valence-electron chi connectivity index (χ4n) is 2.19. The average molecular weight is 351 g/mol. The molecule has 0 aliphatic heterocycles. The molecule has 0 radical (unpaired) electrons. The molecule has 1 saturated carbocycles. The summed E-state index contributed by atoms with van der Waals surface area (Å²) in [5.41, 5.74) is 0. The first-order valence-corrected chi connectivity index (χ1v) is 8.67. The lowest BCUT2D eigenvalue weighted by atomic mass is 9.81. The highest BCUT2D eigenvalue weighted by Crippen LogP contribution is 2.31. The summed E-state index contributed by atoms with van der Waals surface area (Å²) < 4.78 is 33.0. The number of rotatable bonds is 6. The van der Waals surface area contributed by atoms with Crippen molar-refractivity contribution >= 4 is 26.0 Å². The highest BCUT2D eigenvalue weighted by Gasteiger charge is 2.30. The van der Waals surface area contributed by atoms with E-state index >= 15 is 0 Å². The van der Waals surface area contributed by atoms with Gasteiger partial charge in [-0.2, -0.15) is 0 Å². The first kappa shape index (κ1) is 15.0. The third-order valence-corrected chi connectivity index (χ3v) is 5.96. The topological polar surface area (TPSA) is 71.3 Å². The lowest BCUT2D eigenvalue weighted by Crippen LogP contribution is -2.40. The predicted octanol–water partition coefficient (Wildman–Crippen LogP) is 2.23. The van der Waals surface area contributed by atoms with Gasteiger partial charge in [-0.1, -0.05) is 6.42 Å². The first-order chi connectivity index (χ1) is 8.94. The van der Waals surface area contributed by atoms with Gasteiger partial charge in [0, 0.05) is 12.1 Å². The van der Waals surface area contributed by atoms with Gasteiger partial charge >= 0.3 is 0 Å². The lowest BCUT2D eigenvalue weighted by molar-refractivity contribution is 0.260. The summed E-state index contributed by atoms with van der Waals surface area (Å²) >= 11 is 3.17. The van der Waals surface area contributed by atoms with Gasteiger partial charge in [0.1, 0.15) is 10.7 Å². The maximum absolute atomic E-state index is 12.3. The van der Waals surface area contributed by atoms with Gasteiger partial charge in [-0.15, -0.1) is 0 Å². The SMILES string of the molecule is CNCc1cc(S(=O)(=O)NC(C)C2CCC2)c(Br)o1. The molecule has 0 bridgehead atoms. The molecule has 19 heavy (non-hydrogen) atoms. The highest BCUT2D eigenvalue weighted by atomic mass is 79.9. The molecule has 1 fully saturated rings. The fraction of sp³-hybridized carbons (Fsp3) is 0.667. The van der Waals surface area contributed by atoms with E-state index in [0.717, 1.165) is 12.8 Å². The van der Waals surface area contributed by atoms with E-state index in [-0.39, 0.29) is 15.6 Å². The second kappa shape index (κ2) is 5.95. The molecule has 2 N–H and O–H groups in total. The molecule has 1 heterocycles. The Morgan fingerprint density at radius 1 is 1.53 bits per heavy atom. The minimum Gasteiger partial charge on any atom is -0.452 e. The summed E-state index contributed by atoms with van der Waals surface area (Å²) in [4.78, 5) is 0.170. The van der Waals surface area contributed by atoms with Crippen molar-refractivity contribution < 1.29 is 12.8 Å². The van der Waals surface area contributed by atoms with E-state index in [9.17, 15) is 8.42 Å². The molecule has 0 saturated heterocycles. The van der Waals surface area contributed by atoms with Crippen molar-refractivity contribution in [2.75, 3.05) is 7.05 Å². The van der Waals surface area contributed by atoms with Crippen LogP contribution in [0.2, 0.25) is 0 Å². The third kappa shape index (κ3) is 3.39. The van der Waals surface area contributed by atoms with Gasteiger partial charge in [-0.3, -0.25) is 0 Å². The van der Waals surface area contributed by atoms with Crippen molar-refractivity contribution in [3.63, 3.8) is 0 Å². The molecule has 1 unspecified atom stereocenters. The number of furan rings is 1. The Morgan fingerprint density at radius 3 is 2.74 bits per heavy atom. The number of nitrogens with one attached hydrogen (secondary N) is 2. The molecular formula is C12H19BrN2O3S. The van der Waals surface area contributed by atoms with Crippen LogP contribution in [0.25, 0.3) is 0 Å². The van der Waals surface area contributed by atoms with Crippen molar-refractivity contribution in [2.24, 2.45) is 5.92 Å². The molecule has 108 valence electrons. The number of sulfonamides is 1. The Balaban J connectivity index is 2.14. The van der Waals surface area contributed by atoms with Crippen LogP contribution >= 0.6 is 15.9 Å². The number of halogens is 1. The van der Waals surface area contributed by atoms with Crippen LogP contribution in [0.1, 0.15) is 31.9 Å². The number of hydrogen-bond donors (Lipinski definition) is 2. The van der Waals surface area contributed by atoms with Crippen molar-refractivity contribution in [3.8, 4) is 0 Å². The van der Waals surface area contributed by atoms with Gasteiger partial charge in [0.05, 0.1) is 6.54 Å². The molecule has 0 spiro atoms. The zero-order chi connectivity index (χ0) is 14.0. The van der Waals surface area contributed by atoms with E-state index < -0.39 is 10.0 Å². The molecule has 7 heteroatoms. The minimum absolute atomic E-state index is 0.0340. The van der Waals surface area contributed by atoms with Gasteiger partial charge in [-0.05, 0) is 48.7 Å². The maximum Gasteiger partial charge on any atom is 0.245 e. The van der Waals surface area contributed by atoms with E-state index in [1.54, 1.807) is 13.1 Å². The van der Waals surface area contributed by atoms with Crippen molar-refractivity contribution in [3.05, 3.63) is 16.5 Å². The Hall–Kier alpha value is -0.370. The summed E-state index contributed by atoms with van der Waals surface area (Å²) in [6.07, 6.45) is 3.39. The average Bonchev–Trinajstić information content (AvgIpc) is 2.57. The molecule has 1 aliphatic rings. The summed E-state index contributed by atoms with van der Waals surface area (Å²) in [5, 5.41) is 2.92. The Bertz CT molecular complexity index is 537. The van der Waals surface area contributed by atoms with Crippen molar-refractivity contribution in [1.29, 1.82) is 0 Å². The van der Waals surface area contributed by atoms with Crippen LogP contribution in [0.4, 0.5) is 0 Å². The first-order valence-electron chi connectivity index (χ1n) is 6.39. The Morgan fingerprint density at radius 2 is 2.21 bits per heavy atom. The third-order valence-electron chi connectivity index (χ3n) is 3.55. The molecule has 1 aliphatic carbocycles. The second-order valence-electron chi connectivity index (χ2n) is 4.98. The predicted molar refractivity (Wildman–Crippen MR) is 76.3 cm³/mol. The monoisotopic (exact) mass is 350 g/mol. The van der Waals surface area contributed by atoms with Crippen LogP contribution in [0.3, 0.4) is 0 Å². The van der Waals surface area contributed by atoms with Gasteiger partial charge in [0.25, 0.3) is 0 Å². The second-order valence-corrected chi connectivity index (χ2v) is 7.38. The van der Waals surface area contributed by atoms with Crippen LogP contribution in [-0.4, -0.2) is 21.5 Å². The molecular weight excluding hydrogens is 332 g/mol. The molecule has 1 aromatic rings. The summed E-state index contributed by atoms with van der Waals surface area (Å²) in [6.45, 7) is 2.41. The zero-order valence-electron chi connectivity index (χ0n) is 11.1. The number of hydrogen-bond acceptors (Lipinski definition) is 4. The van der Waals surface area contributed by atoms with Crippen LogP contribution in [0.5, 0.6) is 0 Å². The van der Waals surface area contributed by atoms with E-state index in [1.165, 1.54) is 6.42 Å². The quantitative estimate of drug-likeness (QED) is 0.825. The Kier molecular flexibility index (Phi) is 4.70. The van der Waals surface area contributed by atoms with Gasteiger partial charge in [0.15, 0.2) is 4.67 Å². The lowest BCUT2D eigenvalue weighted by Gasteiger charge is -2.31. The summed E-state index contributed by atoms with van der Waals surface area (Å²) in [7, 11) is -1.75. The molecule has 2 rings (SSSR count). The molecule has 5 nitrogen and oxygen atoms in total. The van der Waals surface area contributed by atoms with Crippen LogP contribution in [0, 0.1) is 5.92 Å². The normalized spacial score (nSPS) is 18.3. The Labute approximate surface area is 122 Å².